The molecule has 0 bridgehead atoms. The molecule has 0 radical (unpaired) electrons. The number of nitrogens with one attached hydrogen (secondary N) is 1. The number of hydrogen-bond acceptors (Lipinski definition) is 6. The van der Waals surface area contributed by atoms with Crippen molar-refractivity contribution in [2.75, 3.05) is 13.2 Å². The van der Waals surface area contributed by atoms with Gasteiger partial charge in [-0.05, 0) is 42.8 Å². The number of carbonyl (C=O) groups excluding carboxylic acids is 3. The van der Waals surface area contributed by atoms with E-state index in [1.54, 1.807) is 36.4 Å². The van der Waals surface area contributed by atoms with Gasteiger partial charge in [0.25, 0.3) is 0 Å². The second kappa shape index (κ2) is 10.5. The van der Waals surface area contributed by atoms with Crippen LogP contribution in [0, 0.1) is 0 Å². The monoisotopic (exact) mass is 389 g/mol. The summed E-state index contributed by atoms with van der Waals surface area (Å²) < 4.78 is 10.6. The van der Waals surface area contributed by atoms with Gasteiger partial charge in [0.15, 0.2) is 6.61 Å². The van der Waals surface area contributed by atoms with Crippen LogP contribution in [0.2, 0.25) is 0 Å². The van der Waals surface area contributed by atoms with Gasteiger partial charge in [-0.15, -0.1) is 11.3 Å². The lowest BCUT2D eigenvalue weighted by atomic mass is 10.2. The standard InChI is InChI=1S/C20H23NO5S/c1-3-4-11-25-16-7-5-15(6-8-16)20(24)26-13-18(23)19-10-9-17(27-19)12-21-14(2)22/h5-10H,3-4,11-13H2,1-2H3,(H,21,22). The molecule has 0 aliphatic heterocycles. The molecule has 2 aromatic rings. The maximum absolute atomic E-state index is 12.2. The Hall–Kier alpha value is -2.67. The minimum Gasteiger partial charge on any atom is -0.494 e. The number of thiophene rings is 1. The SMILES string of the molecule is CCCCOc1ccc(C(=O)OCC(=O)c2ccc(CNC(C)=O)s2)cc1. The van der Waals surface area contributed by atoms with Gasteiger partial charge in [-0.25, -0.2) is 4.79 Å². The van der Waals surface area contributed by atoms with Crippen molar-refractivity contribution in [1.29, 1.82) is 0 Å². The summed E-state index contributed by atoms with van der Waals surface area (Å²) in [6.07, 6.45) is 2.03. The highest BCUT2D eigenvalue weighted by Gasteiger charge is 2.14. The van der Waals surface area contributed by atoms with E-state index in [1.807, 2.05) is 0 Å². The number of rotatable bonds is 10. The molecule has 6 nitrogen and oxygen atoms in total. The molecule has 0 aliphatic rings. The summed E-state index contributed by atoms with van der Waals surface area (Å²) in [7, 11) is 0. The van der Waals surface area contributed by atoms with Gasteiger partial charge >= 0.3 is 5.97 Å². The summed E-state index contributed by atoms with van der Waals surface area (Å²) in [5, 5.41) is 2.67. The molecular weight excluding hydrogens is 366 g/mol. The summed E-state index contributed by atoms with van der Waals surface area (Å²) in [4.78, 5) is 36.5. The Labute approximate surface area is 162 Å². The van der Waals surface area contributed by atoms with Crippen molar-refractivity contribution in [2.24, 2.45) is 0 Å². The third kappa shape index (κ3) is 6.86. The van der Waals surface area contributed by atoms with Crippen LogP contribution < -0.4 is 10.1 Å². The highest BCUT2D eigenvalue weighted by atomic mass is 32.1. The lowest BCUT2D eigenvalue weighted by Crippen LogP contribution is -2.18. The summed E-state index contributed by atoms with van der Waals surface area (Å²) in [5.41, 5.74) is 0.364. The first kappa shape index (κ1) is 20.6. The first-order valence-corrected chi connectivity index (χ1v) is 9.57. The van der Waals surface area contributed by atoms with Crippen molar-refractivity contribution in [3.05, 3.63) is 51.7 Å². The predicted molar refractivity (Wildman–Crippen MR) is 103 cm³/mol. The number of hydrogen-bond donors (Lipinski definition) is 1. The Kier molecular flexibility index (Phi) is 8.00. The van der Waals surface area contributed by atoms with E-state index in [-0.39, 0.29) is 18.3 Å². The van der Waals surface area contributed by atoms with Gasteiger partial charge in [0.1, 0.15) is 5.75 Å². The van der Waals surface area contributed by atoms with E-state index in [0.29, 0.717) is 29.3 Å². The average Bonchev–Trinajstić information content (AvgIpc) is 3.14. The van der Waals surface area contributed by atoms with Crippen LogP contribution in [0.4, 0.5) is 0 Å². The highest BCUT2D eigenvalue weighted by Crippen LogP contribution is 2.18. The van der Waals surface area contributed by atoms with E-state index < -0.39 is 5.97 Å². The summed E-state index contributed by atoms with van der Waals surface area (Å²) in [5.74, 6) is -0.270. The predicted octanol–water partition coefficient (Wildman–Crippen LogP) is 3.60. The molecular formula is C20H23NO5S. The van der Waals surface area contributed by atoms with Crippen molar-refractivity contribution in [3.8, 4) is 5.75 Å². The molecule has 7 heteroatoms. The fraction of sp³-hybridized carbons (Fsp3) is 0.350. The molecule has 0 spiro atoms. The third-order valence-corrected chi connectivity index (χ3v) is 4.77. The van der Waals surface area contributed by atoms with Crippen LogP contribution in [0.1, 0.15) is 51.6 Å². The Morgan fingerprint density at radius 1 is 1.07 bits per heavy atom. The van der Waals surface area contributed by atoms with Crippen molar-refractivity contribution in [2.45, 2.75) is 33.2 Å². The molecule has 0 fully saturated rings. The molecule has 1 heterocycles. The van der Waals surface area contributed by atoms with Crippen LogP contribution >= 0.6 is 11.3 Å². The van der Waals surface area contributed by atoms with Crippen molar-refractivity contribution in [1.82, 2.24) is 5.32 Å². The van der Waals surface area contributed by atoms with Gasteiger partial charge in [0, 0.05) is 11.8 Å². The van der Waals surface area contributed by atoms with E-state index in [4.69, 9.17) is 9.47 Å². The first-order valence-electron chi connectivity index (χ1n) is 8.76. The first-order chi connectivity index (χ1) is 13.0. The number of unbranched alkanes of at least 4 members (excludes halogenated alkanes) is 1. The number of carbonyl (C=O) groups is 3. The Morgan fingerprint density at radius 3 is 2.48 bits per heavy atom. The Bertz CT molecular complexity index is 782. The number of Topliss-reactive ketones (excluding diaryl/α,β-unsaturated/α-hetero) is 1. The fourth-order valence-corrected chi connectivity index (χ4v) is 3.01. The number of ether oxygens (including phenoxy) is 2. The molecule has 2 rings (SSSR count). The number of ketones is 1. The highest BCUT2D eigenvalue weighted by molar-refractivity contribution is 7.14. The molecule has 0 atom stereocenters. The normalized spacial score (nSPS) is 10.3. The van der Waals surface area contributed by atoms with Crippen LogP contribution in [0.3, 0.4) is 0 Å². The van der Waals surface area contributed by atoms with Crippen LogP contribution in [-0.4, -0.2) is 30.9 Å². The van der Waals surface area contributed by atoms with E-state index in [1.165, 1.54) is 18.3 Å². The Morgan fingerprint density at radius 2 is 1.81 bits per heavy atom. The zero-order valence-corrected chi connectivity index (χ0v) is 16.3. The van der Waals surface area contributed by atoms with E-state index >= 15 is 0 Å². The summed E-state index contributed by atoms with van der Waals surface area (Å²) >= 11 is 1.27. The van der Waals surface area contributed by atoms with Gasteiger partial charge < -0.3 is 14.8 Å². The summed E-state index contributed by atoms with van der Waals surface area (Å²) in [6, 6.07) is 10.1. The minimum absolute atomic E-state index is 0.132. The van der Waals surface area contributed by atoms with Crippen LogP contribution in [0.25, 0.3) is 0 Å². The molecule has 1 amide bonds. The third-order valence-electron chi connectivity index (χ3n) is 3.64. The Balaban J connectivity index is 1.82. The zero-order chi connectivity index (χ0) is 19.6. The zero-order valence-electron chi connectivity index (χ0n) is 15.4. The van der Waals surface area contributed by atoms with Gasteiger partial charge in [-0.3, -0.25) is 9.59 Å². The molecule has 1 N–H and O–H groups in total. The summed E-state index contributed by atoms with van der Waals surface area (Å²) in [6.45, 7) is 4.21. The molecule has 1 aromatic carbocycles. The molecule has 0 unspecified atom stereocenters. The molecule has 0 aliphatic carbocycles. The molecule has 27 heavy (non-hydrogen) atoms. The maximum Gasteiger partial charge on any atom is 0.338 e. The number of esters is 1. The molecule has 0 saturated carbocycles. The average molecular weight is 389 g/mol. The number of benzene rings is 1. The maximum atomic E-state index is 12.2. The largest absolute Gasteiger partial charge is 0.494 e. The van der Waals surface area contributed by atoms with E-state index in [0.717, 1.165) is 17.7 Å². The lowest BCUT2D eigenvalue weighted by Gasteiger charge is -2.07. The minimum atomic E-state index is -0.557. The quantitative estimate of drug-likeness (QED) is 0.381. The van der Waals surface area contributed by atoms with E-state index in [2.05, 4.69) is 12.2 Å². The van der Waals surface area contributed by atoms with Crippen molar-refractivity contribution in [3.63, 3.8) is 0 Å². The molecule has 1 aromatic heterocycles. The fourth-order valence-electron chi connectivity index (χ4n) is 2.14. The molecule has 144 valence electrons. The van der Waals surface area contributed by atoms with Gasteiger partial charge in [0.05, 0.1) is 23.6 Å². The van der Waals surface area contributed by atoms with Gasteiger partial charge in [-0.1, -0.05) is 13.3 Å². The van der Waals surface area contributed by atoms with Gasteiger partial charge in [0.2, 0.25) is 11.7 Å². The second-order valence-corrected chi connectivity index (χ2v) is 7.07. The molecule has 0 saturated heterocycles. The van der Waals surface area contributed by atoms with Crippen LogP contribution in [-0.2, 0) is 16.1 Å². The van der Waals surface area contributed by atoms with Crippen molar-refractivity contribution < 1.29 is 23.9 Å². The second-order valence-electron chi connectivity index (χ2n) is 5.90. The lowest BCUT2D eigenvalue weighted by molar-refractivity contribution is -0.119. The van der Waals surface area contributed by atoms with E-state index in [9.17, 15) is 14.4 Å². The van der Waals surface area contributed by atoms with Crippen LogP contribution in [0.15, 0.2) is 36.4 Å². The van der Waals surface area contributed by atoms with Gasteiger partial charge in [-0.2, -0.15) is 0 Å². The van der Waals surface area contributed by atoms with Crippen molar-refractivity contribution >= 4 is 29.0 Å². The number of amides is 1. The van der Waals surface area contributed by atoms with Crippen LogP contribution in [0.5, 0.6) is 5.75 Å². The topological polar surface area (TPSA) is 81.7 Å². The smallest absolute Gasteiger partial charge is 0.338 e.